The number of carbonyl (C=O) groups is 1. The van der Waals surface area contributed by atoms with Crippen LogP contribution in [0.4, 0.5) is 11.4 Å². The van der Waals surface area contributed by atoms with E-state index in [1.54, 1.807) is 12.1 Å². The van der Waals surface area contributed by atoms with Gasteiger partial charge in [0, 0.05) is 0 Å². The SMILES string of the molecule is Cc1cc(N)c(N)c(C(=O)OCCC2CCC2)c1. The van der Waals surface area contributed by atoms with Crippen LogP contribution in [0.25, 0.3) is 0 Å². The highest BCUT2D eigenvalue weighted by atomic mass is 16.5. The van der Waals surface area contributed by atoms with Crippen molar-refractivity contribution in [3.8, 4) is 0 Å². The fourth-order valence-corrected chi connectivity index (χ4v) is 2.17. The molecule has 4 nitrogen and oxygen atoms in total. The van der Waals surface area contributed by atoms with Gasteiger partial charge in [-0.2, -0.15) is 0 Å². The summed E-state index contributed by atoms with van der Waals surface area (Å²) in [6.45, 7) is 2.34. The first-order chi connectivity index (χ1) is 8.58. The third kappa shape index (κ3) is 2.75. The van der Waals surface area contributed by atoms with Crippen molar-refractivity contribution >= 4 is 17.3 Å². The maximum Gasteiger partial charge on any atom is 0.340 e. The monoisotopic (exact) mass is 248 g/mol. The topological polar surface area (TPSA) is 78.3 Å². The van der Waals surface area contributed by atoms with Crippen LogP contribution in [-0.2, 0) is 4.74 Å². The molecule has 1 saturated carbocycles. The summed E-state index contributed by atoms with van der Waals surface area (Å²) in [4.78, 5) is 11.9. The summed E-state index contributed by atoms with van der Waals surface area (Å²) in [7, 11) is 0. The van der Waals surface area contributed by atoms with E-state index in [-0.39, 0.29) is 5.97 Å². The van der Waals surface area contributed by atoms with Gasteiger partial charge in [0.2, 0.25) is 0 Å². The van der Waals surface area contributed by atoms with Crippen LogP contribution in [0.5, 0.6) is 0 Å². The summed E-state index contributed by atoms with van der Waals surface area (Å²) in [6.07, 6.45) is 4.78. The molecule has 1 aliphatic rings. The molecule has 1 aliphatic carbocycles. The highest BCUT2D eigenvalue weighted by Gasteiger charge is 2.19. The van der Waals surface area contributed by atoms with Crippen LogP contribution < -0.4 is 11.5 Å². The lowest BCUT2D eigenvalue weighted by Crippen LogP contribution is -2.16. The molecule has 1 aromatic carbocycles. The van der Waals surface area contributed by atoms with Crippen LogP contribution in [0.1, 0.15) is 41.6 Å². The summed E-state index contributed by atoms with van der Waals surface area (Å²) in [5, 5.41) is 0. The molecule has 0 aliphatic heterocycles. The standard InChI is InChI=1S/C14H20N2O2/c1-9-7-11(13(16)12(15)8-9)14(17)18-6-5-10-3-2-4-10/h7-8,10H,2-6,15-16H2,1H3. The average molecular weight is 248 g/mol. The Bertz CT molecular complexity index is 453. The molecule has 4 heteroatoms. The zero-order valence-corrected chi connectivity index (χ0v) is 10.7. The lowest BCUT2D eigenvalue weighted by Gasteiger charge is -2.24. The molecule has 2 rings (SSSR count). The lowest BCUT2D eigenvalue weighted by molar-refractivity contribution is 0.0465. The van der Waals surface area contributed by atoms with Gasteiger partial charge in [0.25, 0.3) is 0 Å². The van der Waals surface area contributed by atoms with Gasteiger partial charge in [0.05, 0.1) is 23.5 Å². The van der Waals surface area contributed by atoms with E-state index in [4.69, 9.17) is 16.2 Å². The zero-order valence-electron chi connectivity index (χ0n) is 10.7. The molecule has 0 unspecified atom stereocenters. The first kappa shape index (κ1) is 12.7. The predicted molar refractivity (Wildman–Crippen MR) is 72.2 cm³/mol. The number of anilines is 2. The van der Waals surface area contributed by atoms with Crippen LogP contribution in [0.2, 0.25) is 0 Å². The quantitative estimate of drug-likeness (QED) is 0.634. The summed E-state index contributed by atoms with van der Waals surface area (Å²) < 4.78 is 5.25. The van der Waals surface area contributed by atoms with Crippen molar-refractivity contribution in [2.75, 3.05) is 18.1 Å². The first-order valence-corrected chi connectivity index (χ1v) is 6.40. The van der Waals surface area contributed by atoms with Crippen molar-refractivity contribution in [3.63, 3.8) is 0 Å². The number of nitrogens with two attached hydrogens (primary N) is 2. The van der Waals surface area contributed by atoms with Gasteiger partial charge in [-0.15, -0.1) is 0 Å². The molecule has 1 aromatic rings. The fraction of sp³-hybridized carbons (Fsp3) is 0.500. The Morgan fingerprint density at radius 1 is 1.39 bits per heavy atom. The molecule has 18 heavy (non-hydrogen) atoms. The van der Waals surface area contributed by atoms with Crippen molar-refractivity contribution in [2.24, 2.45) is 5.92 Å². The maximum absolute atomic E-state index is 11.9. The average Bonchev–Trinajstić information content (AvgIpc) is 2.26. The minimum absolute atomic E-state index is 0.314. The molecule has 0 aromatic heterocycles. The van der Waals surface area contributed by atoms with Gasteiger partial charge in [-0.05, 0) is 37.0 Å². The van der Waals surface area contributed by atoms with Crippen molar-refractivity contribution in [3.05, 3.63) is 23.3 Å². The Morgan fingerprint density at radius 3 is 2.72 bits per heavy atom. The number of hydrogen-bond acceptors (Lipinski definition) is 4. The molecular formula is C14H20N2O2. The molecule has 4 N–H and O–H groups in total. The molecule has 0 radical (unpaired) electrons. The molecule has 98 valence electrons. The summed E-state index contributed by atoms with van der Waals surface area (Å²) in [5.74, 6) is 0.361. The minimum Gasteiger partial charge on any atom is -0.462 e. The third-order valence-corrected chi connectivity index (χ3v) is 3.56. The molecule has 0 spiro atoms. The second-order valence-electron chi connectivity index (χ2n) is 5.04. The highest BCUT2D eigenvalue weighted by Crippen LogP contribution is 2.29. The Balaban J connectivity index is 1.95. The number of nitrogen functional groups attached to an aromatic ring is 2. The van der Waals surface area contributed by atoms with Crippen molar-refractivity contribution < 1.29 is 9.53 Å². The molecule has 1 fully saturated rings. The lowest BCUT2D eigenvalue weighted by atomic mass is 9.83. The number of hydrogen-bond donors (Lipinski definition) is 2. The van der Waals surface area contributed by atoms with Crippen molar-refractivity contribution in [1.29, 1.82) is 0 Å². The van der Waals surface area contributed by atoms with Crippen LogP contribution >= 0.6 is 0 Å². The predicted octanol–water partition coefficient (Wildman–Crippen LogP) is 2.51. The van der Waals surface area contributed by atoms with E-state index < -0.39 is 0 Å². The molecule has 0 bridgehead atoms. The molecule has 0 saturated heterocycles. The van der Waals surface area contributed by atoms with E-state index in [1.165, 1.54) is 19.3 Å². The number of esters is 1. The summed E-state index contributed by atoms with van der Waals surface area (Å²) >= 11 is 0. The number of carbonyl (C=O) groups excluding carboxylic acids is 1. The molecule has 0 atom stereocenters. The van der Waals surface area contributed by atoms with E-state index in [1.807, 2.05) is 6.92 Å². The largest absolute Gasteiger partial charge is 0.462 e. The normalized spacial score (nSPS) is 15.2. The van der Waals surface area contributed by atoms with Gasteiger partial charge in [-0.3, -0.25) is 0 Å². The number of aryl methyl sites for hydroxylation is 1. The van der Waals surface area contributed by atoms with Crippen molar-refractivity contribution in [2.45, 2.75) is 32.6 Å². The number of benzene rings is 1. The van der Waals surface area contributed by atoms with Gasteiger partial charge in [-0.25, -0.2) is 4.79 Å². The van der Waals surface area contributed by atoms with E-state index in [9.17, 15) is 4.79 Å². The van der Waals surface area contributed by atoms with Gasteiger partial charge in [-0.1, -0.05) is 19.3 Å². The second kappa shape index (κ2) is 5.29. The first-order valence-electron chi connectivity index (χ1n) is 6.40. The summed E-state index contributed by atoms with van der Waals surface area (Å²) in [5.41, 5.74) is 13.6. The Hall–Kier alpha value is -1.71. The van der Waals surface area contributed by atoms with Gasteiger partial charge in [0.15, 0.2) is 0 Å². The van der Waals surface area contributed by atoms with Gasteiger partial charge in [0.1, 0.15) is 0 Å². The third-order valence-electron chi connectivity index (χ3n) is 3.56. The Kier molecular flexibility index (Phi) is 3.75. The zero-order chi connectivity index (χ0) is 13.1. The van der Waals surface area contributed by atoms with Gasteiger partial charge < -0.3 is 16.2 Å². The number of ether oxygens (including phenoxy) is 1. The van der Waals surface area contributed by atoms with E-state index in [2.05, 4.69) is 0 Å². The minimum atomic E-state index is -0.373. The maximum atomic E-state index is 11.9. The van der Waals surface area contributed by atoms with Gasteiger partial charge >= 0.3 is 5.97 Å². The van der Waals surface area contributed by atoms with E-state index >= 15 is 0 Å². The smallest absolute Gasteiger partial charge is 0.340 e. The summed E-state index contributed by atoms with van der Waals surface area (Å²) in [6, 6.07) is 3.47. The van der Waals surface area contributed by atoms with E-state index in [0.29, 0.717) is 23.5 Å². The van der Waals surface area contributed by atoms with E-state index in [0.717, 1.165) is 17.9 Å². The Labute approximate surface area is 107 Å². The number of rotatable bonds is 4. The van der Waals surface area contributed by atoms with Crippen LogP contribution in [-0.4, -0.2) is 12.6 Å². The van der Waals surface area contributed by atoms with Crippen LogP contribution in [0.15, 0.2) is 12.1 Å². The second-order valence-corrected chi connectivity index (χ2v) is 5.04. The van der Waals surface area contributed by atoms with Crippen LogP contribution in [0.3, 0.4) is 0 Å². The molecular weight excluding hydrogens is 228 g/mol. The molecule has 0 amide bonds. The fourth-order valence-electron chi connectivity index (χ4n) is 2.17. The highest BCUT2D eigenvalue weighted by molar-refractivity contribution is 5.98. The molecule has 0 heterocycles. The van der Waals surface area contributed by atoms with Crippen LogP contribution in [0, 0.1) is 12.8 Å². The Morgan fingerprint density at radius 2 is 2.11 bits per heavy atom. The van der Waals surface area contributed by atoms with Crippen molar-refractivity contribution in [1.82, 2.24) is 0 Å².